The van der Waals surface area contributed by atoms with Gasteiger partial charge in [-0.25, -0.2) is 4.39 Å². The number of rotatable bonds is 6. The first kappa shape index (κ1) is 16.7. The van der Waals surface area contributed by atoms with Crippen molar-refractivity contribution in [3.8, 4) is 5.75 Å². The molecular weight excluding hydrogens is 282 g/mol. The van der Waals surface area contributed by atoms with Crippen LogP contribution >= 0.6 is 0 Å². The Hall–Kier alpha value is -1.64. The molecule has 0 aromatic heterocycles. The van der Waals surface area contributed by atoms with Gasteiger partial charge in [-0.15, -0.1) is 0 Å². The Bertz CT molecular complexity index is 561. The van der Waals surface area contributed by atoms with Crippen molar-refractivity contribution < 1.29 is 13.5 Å². The first-order valence-corrected chi connectivity index (χ1v) is 8.14. The topological polar surface area (TPSA) is 9.23 Å². The fourth-order valence-electron chi connectivity index (χ4n) is 2.78. The fourth-order valence-corrected chi connectivity index (χ4v) is 2.78. The van der Waals surface area contributed by atoms with E-state index < -0.39 is 11.6 Å². The molecule has 0 aliphatic heterocycles. The third kappa shape index (κ3) is 3.96. The largest absolute Gasteiger partial charge is 0.491 e. The van der Waals surface area contributed by atoms with Crippen molar-refractivity contribution in [2.75, 3.05) is 6.61 Å². The zero-order chi connectivity index (χ0) is 15.9. The smallest absolute Gasteiger partial charge is 0.201 e. The zero-order valence-corrected chi connectivity index (χ0v) is 13.4. The van der Waals surface area contributed by atoms with E-state index in [1.54, 1.807) is 13.0 Å². The molecule has 0 bridgehead atoms. The van der Waals surface area contributed by atoms with Crippen LogP contribution in [0.15, 0.2) is 30.4 Å². The summed E-state index contributed by atoms with van der Waals surface area (Å²) >= 11 is 0. The van der Waals surface area contributed by atoms with Gasteiger partial charge in [-0.3, -0.25) is 0 Å². The summed E-state index contributed by atoms with van der Waals surface area (Å²) in [6, 6.07) is 3.15. The van der Waals surface area contributed by atoms with Crippen LogP contribution in [-0.4, -0.2) is 6.61 Å². The van der Waals surface area contributed by atoms with Gasteiger partial charge in [0, 0.05) is 5.56 Å². The predicted octanol–water partition coefficient (Wildman–Crippen LogP) is 5.90. The number of halogens is 2. The molecule has 1 aliphatic rings. The highest BCUT2D eigenvalue weighted by atomic mass is 19.2. The molecule has 2 rings (SSSR count). The van der Waals surface area contributed by atoms with Crippen LogP contribution in [0, 0.1) is 17.6 Å². The van der Waals surface area contributed by atoms with Gasteiger partial charge in [0.05, 0.1) is 6.61 Å². The van der Waals surface area contributed by atoms with Gasteiger partial charge in [0.25, 0.3) is 0 Å². The Labute approximate surface area is 131 Å². The summed E-state index contributed by atoms with van der Waals surface area (Å²) in [5.41, 5.74) is 1.27. The van der Waals surface area contributed by atoms with E-state index in [1.165, 1.54) is 6.07 Å². The molecule has 1 unspecified atom stereocenters. The molecule has 1 aromatic carbocycles. The average molecular weight is 306 g/mol. The van der Waals surface area contributed by atoms with E-state index in [9.17, 15) is 8.78 Å². The minimum atomic E-state index is -0.884. The Morgan fingerprint density at radius 1 is 1.23 bits per heavy atom. The van der Waals surface area contributed by atoms with Crippen molar-refractivity contribution in [2.24, 2.45) is 5.92 Å². The lowest BCUT2D eigenvalue weighted by Crippen LogP contribution is -2.05. The van der Waals surface area contributed by atoms with Crippen LogP contribution in [0.3, 0.4) is 0 Å². The normalized spacial score (nSPS) is 18.5. The third-order valence-electron chi connectivity index (χ3n) is 4.01. The lowest BCUT2D eigenvalue weighted by Gasteiger charge is -2.20. The second-order valence-electron chi connectivity index (χ2n) is 5.65. The molecule has 0 saturated heterocycles. The molecule has 1 nitrogen and oxygen atoms in total. The highest BCUT2D eigenvalue weighted by Crippen LogP contribution is 2.34. The Kier molecular flexibility index (Phi) is 6.17. The summed E-state index contributed by atoms with van der Waals surface area (Å²) in [4.78, 5) is 0. The van der Waals surface area contributed by atoms with Crippen molar-refractivity contribution in [2.45, 2.75) is 46.0 Å². The molecule has 0 fully saturated rings. The third-order valence-corrected chi connectivity index (χ3v) is 4.01. The van der Waals surface area contributed by atoms with Crippen LogP contribution in [0.5, 0.6) is 5.75 Å². The molecule has 1 aromatic rings. The molecule has 0 heterocycles. The first-order chi connectivity index (χ1) is 10.7. The molecule has 0 saturated carbocycles. The monoisotopic (exact) mass is 306 g/mol. The number of ether oxygens (including phenoxy) is 1. The van der Waals surface area contributed by atoms with Crippen molar-refractivity contribution in [3.63, 3.8) is 0 Å². The summed E-state index contributed by atoms with van der Waals surface area (Å²) in [5, 5.41) is 0. The number of unbranched alkanes of at least 4 members (excludes halogenated alkanes) is 1. The highest BCUT2D eigenvalue weighted by molar-refractivity contribution is 5.67. The molecule has 0 N–H and O–H groups in total. The van der Waals surface area contributed by atoms with E-state index in [4.69, 9.17) is 4.74 Å². The summed E-state index contributed by atoms with van der Waals surface area (Å²) in [6.45, 7) is 4.23. The second kappa shape index (κ2) is 8.11. The Morgan fingerprint density at radius 3 is 2.68 bits per heavy atom. The van der Waals surface area contributed by atoms with Gasteiger partial charge in [-0.05, 0) is 56.2 Å². The van der Waals surface area contributed by atoms with Crippen LogP contribution in [0.2, 0.25) is 0 Å². The Morgan fingerprint density at radius 2 is 2.05 bits per heavy atom. The number of allylic oxidation sites excluding steroid dienone is 4. The maximum atomic E-state index is 14.2. The van der Waals surface area contributed by atoms with Gasteiger partial charge >= 0.3 is 0 Å². The number of hydrogen-bond acceptors (Lipinski definition) is 1. The summed E-state index contributed by atoms with van der Waals surface area (Å²) < 4.78 is 33.2. The van der Waals surface area contributed by atoms with Crippen LogP contribution in [0.4, 0.5) is 8.78 Å². The maximum Gasteiger partial charge on any atom is 0.201 e. The van der Waals surface area contributed by atoms with Crippen LogP contribution < -0.4 is 4.74 Å². The van der Waals surface area contributed by atoms with Crippen LogP contribution in [-0.2, 0) is 0 Å². The van der Waals surface area contributed by atoms with E-state index in [2.05, 4.69) is 19.1 Å². The number of benzene rings is 1. The first-order valence-electron chi connectivity index (χ1n) is 8.14. The van der Waals surface area contributed by atoms with Crippen molar-refractivity contribution in [3.05, 3.63) is 47.6 Å². The SMILES string of the molecule is CCCC=CC1CC=C(c2ccc(OCC)c(F)c2F)CC1. The molecule has 0 radical (unpaired) electrons. The summed E-state index contributed by atoms with van der Waals surface area (Å²) in [7, 11) is 0. The Balaban J connectivity index is 2.11. The molecule has 120 valence electrons. The lowest BCUT2D eigenvalue weighted by atomic mass is 9.86. The van der Waals surface area contributed by atoms with Gasteiger partial charge in [-0.2, -0.15) is 4.39 Å². The van der Waals surface area contributed by atoms with Crippen molar-refractivity contribution in [1.29, 1.82) is 0 Å². The van der Waals surface area contributed by atoms with E-state index in [-0.39, 0.29) is 5.75 Å². The van der Waals surface area contributed by atoms with Gasteiger partial charge in [0.1, 0.15) is 0 Å². The summed E-state index contributed by atoms with van der Waals surface area (Å²) in [5.74, 6) is -1.17. The van der Waals surface area contributed by atoms with Gasteiger partial charge in [0.2, 0.25) is 5.82 Å². The van der Waals surface area contributed by atoms with Crippen molar-refractivity contribution in [1.82, 2.24) is 0 Å². The van der Waals surface area contributed by atoms with Gasteiger partial charge in [-0.1, -0.05) is 31.6 Å². The predicted molar refractivity (Wildman–Crippen MR) is 86.9 cm³/mol. The lowest BCUT2D eigenvalue weighted by molar-refractivity contribution is 0.314. The van der Waals surface area contributed by atoms with Crippen molar-refractivity contribution >= 4 is 5.57 Å². The van der Waals surface area contributed by atoms with E-state index in [0.717, 1.165) is 37.7 Å². The molecule has 0 amide bonds. The fraction of sp³-hybridized carbons (Fsp3) is 0.474. The minimum absolute atomic E-state index is 0.0134. The average Bonchev–Trinajstić information content (AvgIpc) is 2.53. The van der Waals surface area contributed by atoms with E-state index in [1.807, 2.05) is 6.08 Å². The van der Waals surface area contributed by atoms with E-state index >= 15 is 0 Å². The molecule has 22 heavy (non-hydrogen) atoms. The summed E-state index contributed by atoms with van der Waals surface area (Å²) in [6.07, 6.45) is 11.4. The number of hydrogen-bond donors (Lipinski definition) is 0. The molecule has 3 heteroatoms. The van der Waals surface area contributed by atoms with Gasteiger partial charge < -0.3 is 4.74 Å². The molecular formula is C19H24F2O. The zero-order valence-electron chi connectivity index (χ0n) is 13.4. The molecule has 1 aliphatic carbocycles. The molecule has 0 spiro atoms. The standard InChI is InChI=1S/C19H24F2O/c1-3-5-6-7-14-8-10-15(11-9-14)16-12-13-17(22-4-2)19(21)18(16)20/h6-7,10,12-14H,3-5,8-9,11H2,1-2H3. The molecule has 1 atom stereocenters. The minimum Gasteiger partial charge on any atom is -0.491 e. The van der Waals surface area contributed by atoms with Gasteiger partial charge in [0.15, 0.2) is 11.6 Å². The second-order valence-corrected chi connectivity index (χ2v) is 5.65. The maximum absolute atomic E-state index is 14.2. The van der Waals surface area contributed by atoms with E-state index in [0.29, 0.717) is 18.1 Å². The highest BCUT2D eigenvalue weighted by Gasteiger charge is 2.20. The quantitative estimate of drug-likeness (QED) is 0.594. The van der Waals surface area contributed by atoms with Crippen LogP contribution in [0.25, 0.3) is 5.57 Å². The van der Waals surface area contributed by atoms with Crippen LogP contribution in [0.1, 0.15) is 51.5 Å².